The molecule has 1 unspecified atom stereocenters. The van der Waals surface area contributed by atoms with Crippen LogP contribution in [-0.4, -0.2) is 56.3 Å². The minimum absolute atomic E-state index is 0.0355. The predicted molar refractivity (Wildman–Crippen MR) is 89.0 cm³/mol. The summed E-state index contributed by atoms with van der Waals surface area (Å²) in [6, 6.07) is 7.99. The highest BCUT2D eigenvalue weighted by atomic mass is 32.2. The van der Waals surface area contributed by atoms with E-state index >= 15 is 0 Å². The lowest BCUT2D eigenvalue weighted by molar-refractivity contribution is -0.131. The molecular weight excluding hydrogens is 330 g/mol. The Morgan fingerprint density at radius 2 is 1.92 bits per heavy atom. The average molecular weight is 349 g/mol. The highest BCUT2D eigenvalue weighted by molar-refractivity contribution is 7.91. The van der Waals surface area contributed by atoms with Crippen molar-refractivity contribution < 1.29 is 18.0 Å². The Bertz CT molecular complexity index is 781. The minimum Gasteiger partial charge on any atom is -0.340 e. The van der Waals surface area contributed by atoms with Crippen LogP contribution in [0.4, 0.5) is 5.69 Å². The highest BCUT2D eigenvalue weighted by Crippen LogP contribution is 2.19. The van der Waals surface area contributed by atoms with Crippen LogP contribution in [0, 0.1) is 11.3 Å². The van der Waals surface area contributed by atoms with Gasteiger partial charge in [0.05, 0.1) is 23.1 Å². The molecule has 2 amide bonds. The van der Waals surface area contributed by atoms with Crippen molar-refractivity contribution in [3.63, 3.8) is 0 Å². The maximum atomic E-state index is 12.4. The molecule has 24 heavy (non-hydrogen) atoms. The van der Waals surface area contributed by atoms with Gasteiger partial charge in [-0.15, -0.1) is 0 Å². The topological polar surface area (TPSA) is 98.6 Å². The summed E-state index contributed by atoms with van der Waals surface area (Å²) in [6.07, 6.45) is 0.418. The van der Waals surface area contributed by atoms with Crippen molar-refractivity contribution in [2.45, 2.75) is 19.4 Å². The summed E-state index contributed by atoms with van der Waals surface area (Å²) in [7, 11) is -1.52. The van der Waals surface area contributed by atoms with E-state index in [0.717, 1.165) is 0 Å². The number of rotatable bonds is 4. The van der Waals surface area contributed by atoms with Crippen LogP contribution in [0.1, 0.15) is 18.9 Å². The standard InChI is InChI=1S/C16H19N3O4S/c1-12(20)19(14-5-3-13(9-17)4-6-14)10-16(21)18(2)15-7-8-24(22,23)11-15/h3-6,15H,7-8,10-11H2,1-2H3. The third-order valence-electron chi connectivity index (χ3n) is 4.13. The van der Waals surface area contributed by atoms with Crippen LogP contribution < -0.4 is 4.90 Å². The number of nitriles is 1. The molecule has 0 aliphatic carbocycles. The molecule has 0 saturated carbocycles. The first-order valence-electron chi connectivity index (χ1n) is 7.48. The largest absolute Gasteiger partial charge is 0.340 e. The summed E-state index contributed by atoms with van der Waals surface area (Å²) in [6.45, 7) is 1.18. The van der Waals surface area contributed by atoms with Crippen LogP contribution >= 0.6 is 0 Å². The van der Waals surface area contributed by atoms with Crippen molar-refractivity contribution in [3.8, 4) is 6.07 Å². The molecule has 1 atom stereocenters. The Balaban J connectivity index is 2.11. The van der Waals surface area contributed by atoms with Gasteiger partial charge in [-0.05, 0) is 30.7 Å². The van der Waals surface area contributed by atoms with Crippen molar-refractivity contribution in [3.05, 3.63) is 29.8 Å². The van der Waals surface area contributed by atoms with Gasteiger partial charge in [-0.1, -0.05) is 0 Å². The van der Waals surface area contributed by atoms with Crippen molar-refractivity contribution in [2.75, 3.05) is 30.0 Å². The monoisotopic (exact) mass is 349 g/mol. The molecule has 0 aromatic heterocycles. The average Bonchev–Trinajstić information content (AvgIpc) is 2.91. The molecule has 0 spiro atoms. The van der Waals surface area contributed by atoms with Crippen molar-refractivity contribution in [2.24, 2.45) is 0 Å². The Morgan fingerprint density at radius 3 is 2.38 bits per heavy atom. The smallest absolute Gasteiger partial charge is 0.242 e. The summed E-state index contributed by atoms with van der Waals surface area (Å²) in [4.78, 5) is 27.0. The minimum atomic E-state index is -3.08. The maximum absolute atomic E-state index is 12.4. The summed E-state index contributed by atoms with van der Waals surface area (Å²) in [5, 5.41) is 8.82. The number of carbonyl (C=O) groups excluding carboxylic acids is 2. The van der Waals surface area contributed by atoms with Gasteiger partial charge in [0, 0.05) is 25.7 Å². The summed E-state index contributed by atoms with van der Waals surface area (Å²) >= 11 is 0. The van der Waals surface area contributed by atoms with Gasteiger partial charge in [0.1, 0.15) is 6.54 Å². The van der Waals surface area contributed by atoms with Crippen molar-refractivity contribution >= 4 is 27.3 Å². The van der Waals surface area contributed by atoms with Gasteiger partial charge in [0.2, 0.25) is 11.8 Å². The molecule has 0 bridgehead atoms. The van der Waals surface area contributed by atoms with E-state index in [2.05, 4.69) is 0 Å². The van der Waals surface area contributed by atoms with Crippen molar-refractivity contribution in [1.82, 2.24) is 4.90 Å². The van der Waals surface area contributed by atoms with Crippen LogP contribution in [0.15, 0.2) is 24.3 Å². The number of hydrogen-bond acceptors (Lipinski definition) is 5. The van der Waals surface area contributed by atoms with Gasteiger partial charge in [-0.3, -0.25) is 9.59 Å². The molecule has 1 saturated heterocycles. The Labute approximate surface area is 141 Å². The first-order chi connectivity index (χ1) is 11.2. The molecule has 1 fully saturated rings. The van der Waals surface area contributed by atoms with E-state index in [-0.39, 0.29) is 35.9 Å². The van der Waals surface area contributed by atoms with Crippen LogP contribution in [0.25, 0.3) is 0 Å². The lowest BCUT2D eigenvalue weighted by atomic mass is 10.2. The molecule has 1 aromatic rings. The van der Waals surface area contributed by atoms with Crippen LogP contribution in [0.3, 0.4) is 0 Å². The number of likely N-dealkylation sites (N-methyl/N-ethyl adjacent to an activating group) is 1. The Kier molecular flexibility index (Phi) is 5.24. The zero-order valence-corrected chi connectivity index (χ0v) is 14.4. The van der Waals surface area contributed by atoms with Gasteiger partial charge in [0.15, 0.2) is 9.84 Å². The molecule has 7 nitrogen and oxygen atoms in total. The molecule has 0 N–H and O–H groups in total. The van der Waals surface area contributed by atoms with E-state index in [1.54, 1.807) is 31.3 Å². The van der Waals surface area contributed by atoms with Crippen molar-refractivity contribution in [1.29, 1.82) is 5.26 Å². The van der Waals surface area contributed by atoms with Crippen LogP contribution in [0.5, 0.6) is 0 Å². The Morgan fingerprint density at radius 1 is 1.29 bits per heavy atom. The van der Waals surface area contributed by atoms with E-state index in [0.29, 0.717) is 17.7 Å². The molecule has 2 rings (SSSR count). The number of hydrogen-bond donors (Lipinski definition) is 0. The van der Waals surface area contributed by atoms with E-state index in [1.165, 1.54) is 16.7 Å². The lowest BCUT2D eigenvalue weighted by Crippen LogP contribution is -2.45. The summed E-state index contributed by atoms with van der Waals surface area (Å²) in [5.74, 6) is -0.579. The molecule has 1 aliphatic rings. The zero-order chi connectivity index (χ0) is 17.9. The number of nitrogens with zero attached hydrogens (tertiary/aromatic N) is 3. The van der Waals surface area contributed by atoms with Gasteiger partial charge >= 0.3 is 0 Å². The molecule has 1 aliphatic heterocycles. The number of amides is 2. The molecular formula is C16H19N3O4S. The normalized spacial score (nSPS) is 18.6. The number of benzene rings is 1. The number of anilines is 1. The molecule has 1 heterocycles. The Hall–Kier alpha value is -2.40. The fourth-order valence-corrected chi connectivity index (χ4v) is 4.41. The SMILES string of the molecule is CC(=O)N(CC(=O)N(C)C1CCS(=O)(=O)C1)c1ccc(C#N)cc1. The van der Waals surface area contributed by atoms with E-state index in [4.69, 9.17) is 5.26 Å². The molecule has 8 heteroatoms. The van der Waals surface area contributed by atoms with Crippen LogP contribution in [0.2, 0.25) is 0 Å². The van der Waals surface area contributed by atoms with E-state index < -0.39 is 9.84 Å². The summed E-state index contributed by atoms with van der Waals surface area (Å²) < 4.78 is 23.1. The second-order valence-electron chi connectivity index (χ2n) is 5.83. The molecule has 1 aromatic carbocycles. The molecule has 0 radical (unpaired) electrons. The third kappa shape index (κ3) is 4.11. The number of carbonyl (C=O) groups is 2. The highest BCUT2D eigenvalue weighted by Gasteiger charge is 2.33. The fourth-order valence-electron chi connectivity index (χ4n) is 2.63. The first kappa shape index (κ1) is 17.9. The van der Waals surface area contributed by atoms with Gasteiger partial charge in [-0.25, -0.2) is 8.42 Å². The first-order valence-corrected chi connectivity index (χ1v) is 9.30. The quantitative estimate of drug-likeness (QED) is 0.791. The predicted octanol–water partition coefficient (Wildman–Crippen LogP) is 0.557. The zero-order valence-electron chi connectivity index (χ0n) is 13.6. The lowest BCUT2D eigenvalue weighted by Gasteiger charge is -2.27. The van der Waals surface area contributed by atoms with Gasteiger partial charge in [-0.2, -0.15) is 5.26 Å². The second kappa shape index (κ2) is 7.01. The van der Waals surface area contributed by atoms with E-state index in [9.17, 15) is 18.0 Å². The number of sulfone groups is 1. The van der Waals surface area contributed by atoms with Gasteiger partial charge < -0.3 is 9.80 Å². The fraction of sp³-hybridized carbons (Fsp3) is 0.438. The second-order valence-corrected chi connectivity index (χ2v) is 8.05. The van der Waals surface area contributed by atoms with Gasteiger partial charge in [0.25, 0.3) is 0 Å². The van der Waals surface area contributed by atoms with E-state index in [1.807, 2.05) is 6.07 Å². The third-order valence-corrected chi connectivity index (χ3v) is 5.88. The maximum Gasteiger partial charge on any atom is 0.242 e. The summed E-state index contributed by atoms with van der Waals surface area (Å²) in [5.41, 5.74) is 0.976. The van der Waals surface area contributed by atoms with Crippen LogP contribution in [-0.2, 0) is 19.4 Å². The molecule has 128 valence electrons.